The molecule has 0 bridgehead atoms. The third-order valence-corrected chi connectivity index (χ3v) is 4.98. The van der Waals surface area contributed by atoms with E-state index >= 15 is 0 Å². The van der Waals surface area contributed by atoms with Crippen molar-refractivity contribution in [3.8, 4) is 0 Å². The van der Waals surface area contributed by atoms with E-state index in [1.165, 1.54) is 12.1 Å². The van der Waals surface area contributed by atoms with Crippen molar-refractivity contribution in [1.82, 2.24) is 9.88 Å². The van der Waals surface area contributed by atoms with E-state index in [-0.39, 0.29) is 24.3 Å². The molecule has 128 valence electrons. The number of benzene rings is 1. The molecule has 0 unspecified atom stereocenters. The van der Waals surface area contributed by atoms with Gasteiger partial charge in [-0.1, -0.05) is 6.07 Å². The van der Waals surface area contributed by atoms with E-state index in [0.29, 0.717) is 17.8 Å². The Morgan fingerprint density at radius 2 is 2.04 bits per heavy atom. The topological polar surface area (TPSA) is 62.3 Å². The molecular weight excluding hydrogens is 321 g/mol. The number of nitrogens with zero attached hydrogens (tertiary/aromatic N) is 2. The van der Waals surface area contributed by atoms with Crippen LogP contribution in [0.15, 0.2) is 42.7 Å². The zero-order chi connectivity index (χ0) is 17.4. The van der Waals surface area contributed by atoms with Crippen LogP contribution in [0.1, 0.15) is 42.3 Å². The number of hydrogen-bond acceptors (Lipinski definition) is 3. The average Bonchev–Trinajstić information content (AvgIpc) is 3.10. The molecule has 25 heavy (non-hydrogen) atoms. The first kappa shape index (κ1) is 15.7. The Hall–Kier alpha value is -2.76. The number of hydrogen-bond donors (Lipinski definition) is 1. The van der Waals surface area contributed by atoms with E-state index in [1.807, 2.05) is 17.0 Å². The Morgan fingerprint density at radius 1 is 1.24 bits per heavy atom. The molecule has 1 saturated heterocycles. The van der Waals surface area contributed by atoms with Crippen LogP contribution in [-0.4, -0.2) is 28.2 Å². The van der Waals surface area contributed by atoms with Crippen molar-refractivity contribution in [3.05, 3.63) is 59.7 Å². The van der Waals surface area contributed by atoms with Gasteiger partial charge in [-0.25, -0.2) is 4.39 Å². The fraction of sp³-hybridized carbons (Fsp3) is 0.316. The number of fused-ring (bicyclic) bond motifs is 1. The van der Waals surface area contributed by atoms with Crippen molar-refractivity contribution in [3.63, 3.8) is 0 Å². The Balaban J connectivity index is 1.66. The maximum absolute atomic E-state index is 13.5. The molecule has 2 amide bonds. The number of pyridine rings is 1. The third kappa shape index (κ3) is 2.88. The molecule has 4 rings (SSSR count). The molecule has 0 aliphatic carbocycles. The van der Waals surface area contributed by atoms with Crippen molar-refractivity contribution in [2.45, 2.75) is 31.2 Å². The van der Waals surface area contributed by atoms with Gasteiger partial charge in [-0.2, -0.15) is 0 Å². The van der Waals surface area contributed by atoms with E-state index in [9.17, 15) is 14.0 Å². The van der Waals surface area contributed by atoms with Crippen LogP contribution in [0.2, 0.25) is 0 Å². The predicted octanol–water partition coefficient (Wildman–Crippen LogP) is 3.01. The zero-order valence-electron chi connectivity index (χ0n) is 13.6. The second-order valence-electron chi connectivity index (χ2n) is 6.51. The molecule has 2 aromatic rings. The van der Waals surface area contributed by atoms with Crippen LogP contribution in [0.25, 0.3) is 0 Å². The molecule has 1 aromatic carbocycles. The molecule has 3 heterocycles. The number of anilines is 1. The molecule has 0 radical (unpaired) electrons. The van der Waals surface area contributed by atoms with Gasteiger partial charge >= 0.3 is 0 Å². The van der Waals surface area contributed by atoms with E-state index < -0.39 is 11.7 Å². The number of aromatic nitrogens is 1. The van der Waals surface area contributed by atoms with Gasteiger partial charge in [0.1, 0.15) is 5.82 Å². The van der Waals surface area contributed by atoms with Gasteiger partial charge in [-0.05, 0) is 48.2 Å². The number of halogens is 1. The van der Waals surface area contributed by atoms with Crippen molar-refractivity contribution < 1.29 is 14.0 Å². The van der Waals surface area contributed by atoms with Crippen molar-refractivity contribution in [2.75, 3.05) is 11.9 Å². The van der Waals surface area contributed by atoms with E-state index in [4.69, 9.17) is 0 Å². The summed E-state index contributed by atoms with van der Waals surface area (Å²) in [5.74, 6) is -1.31. The molecular formula is C19H18FN3O2. The normalized spacial score (nSPS) is 22.4. The predicted molar refractivity (Wildman–Crippen MR) is 90.3 cm³/mol. The van der Waals surface area contributed by atoms with Crippen LogP contribution in [0.5, 0.6) is 0 Å². The fourth-order valence-electron chi connectivity index (χ4n) is 3.82. The van der Waals surface area contributed by atoms with Gasteiger partial charge in [-0.3, -0.25) is 14.6 Å². The second-order valence-corrected chi connectivity index (χ2v) is 6.51. The van der Waals surface area contributed by atoms with E-state index in [1.54, 1.807) is 18.5 Å². The zero-order valence-corrected chi connectivity index (χ0v) is 13.6. The smallest absolute Gasteiger partial charge is 0.231 e. The maximum Gasteiger partial charge on any atom is 0.231 e. The summed E-state index contributed by atoms with van der Waals surface area (Å²) in [7, 11) is 0. The van der Waals surface area contributed by atoms with Gasteiger partial charge in [0, 0.05) is 31.0 Å². The minimum absolute atomic E-state index is 0.00406. The number of amides is 2. The number of nitrogens with one attached hydrogen (secondary N) is 1. The summed E-state index contributed by atoms with van der Waals surface area (Å²) >= 11 is 0. The highest BCUT2D eigenvalue weighted by Crippen LogP contribution is 2.39. The lowest BCUT2D eigenvalue weighted by Crippen LogP contribution is -2.38. The van der Waals surface area contributed by atoms with Crippen LogP contribution in [-0.2, 0) is 9.59 Å². The summed E-state index contributed by atoms with van der Waals surface area (Å²) in [5, 5.41) is 2.66. The molecule has 1 N–H and O–H groups in total. The van der Waals surface area contributed by atoms with E-state index in [0.717, 1.165) is 18.4 Å². The maximum atomic E-state index is 13.5. The number of carbonyl (C=O) groups excluding carboxylic acids is 2. The van der Waals surface area contributed by atoms with Gasteiger partial charge in [0.05, 0.1) is 12.0 Å². The SMILES string of the molecule is O=C1C[C@H](C(=O)N2CCC[C@@H]2c2ccncc2)c2ccc(F)cc2N1. The highest BCUT2D eigenvalue weighted by Gasteiger charge is 2.38. The molecule has 1 aromatic heterocycles. The Kier molecular flexibility index (Phi) is 3.95. The minimum Gasteiger partial charge on any atom is -0.335 e. The summed E-state index contributed by atoms with van der Waals surface area (Å²) in [6, 6.07) is 8.06. The Morgan fingerprint density at radius 3 is 2.84 bits per heavy atom. The first-order valence-corrected chi connectivity index (χ1v) is 8.43. The number of carbonyl (C=O) groups is 2. The van der Waals surface area contributed by atoms with Gasteiger partial charge in [-0.15, -0.1) is 0 Å². The molecule has 2 atom stereocenters. The Labute approximate surface area is 144 Å². The number of likely N-dealkylation sites (tertiary alicyclic amines) is 1. The van der Waals surface area contributed by atoms with Crippen LogP contribution in [0, 0.1) is 5.82 Å². The van der Waals surface area contributed by atoms with Gasteiger partial charge in [0.25, 0.3) is 0 Å². The average molecular weight is 339 g/mol. The van der Waals surface area contributed by atoms with Crippen molar-refractivity contribution in [2.24, 2.45) is 0 Å². The van der Waals surface area contributed by atoms with Gasteiger partial charge in [0.15, 0.2) is 0 Å². The summed E-state index contributed by atoms with van der Waals surface area (Å²) in [4.78, 5) is 31.1. The van der Waals surface area contributed by atoms with Crippen LogP contribution in [0.3, 0.4) is 0 Å². The van der Waals surface area contributed by atoms with Crippen LogP contribution < -0.4 is 5.32 Å². The lowest BCUT2D eigenvalue weighted by Gasteiger charge is -2.32. The van der Waals surface area contributed by atoms with Crippen molar-refractivity contribution >= 4 is 17.5 Å². The first-order chi connectivity index (χ1) is 12.1. The Bertz CT molecular complexity index is 825. The summed E-state index contributed by atoms with van der Waals surface area (Å²) in [6.07, 6.45) is 5.36. The molecule has 1 fully saturated rings. The largest absolute Gasteiger partial charge is 0.335 e. The molecule has 6 heteroatoms. The van der Waals surface area contributed by atoms with E-state index in [2.05, 4.69) is 10.3 Å². The quantitative estimate of drug-likeness (QED) is 0.915. The summed E-state index contributed by atoms with van der Waals surface area (Å²) < 4.78 is 13.5. The van der Waals surface area contributed by atoms with Crippen molar-refractivity contribution in [1.29, 1.82) is 0 Å². The monoisotopic (exact) mass is 339 g/mol. The van der Waals surface area contributed by atoms with Gasteiger partial charge in [0.2, 0.25) is 11.8 Å². The third-order valence-electron chi connectivity index (χ3n) is 4.98. The number of rotatable bonds is 2. The fourth-order valence-corrected chi connectivity index (χ4v) is 3.82. The lowest BCUT2D eigenvalue weighted by molar-refractivity contribution is -0.135. The molecule has 5 nitrogen and oxygen atoms in total. The summed E-state index contributed by atoms with van der Waals surface area (Å²) in [5.41, 5.74) is 2.14. The highest BCUT2D eigenvalue weighted by atomic mass is 19.1. The molecule has 2 aliphatic rings. The minimum atomic E-state index is -0.563. The second kappa shape index (κ2) is 6.27. The van der Waals surface area contributed by atoms with Gasteiger partial charge < -0.3 is 10.2 Å². The molecule has 0 saturated carbocycles. The molecule has 2 aliphatic heterocycles. The van der Waals surface area contributed by atoms with Crippen LogP contribution >= 0.6 is 0 Å². The lowest BCUT2D eigenvalue weighted by atomic mass is 9.88. The van der Waals surface area contributed by atoms with Crippen LogP contribution in [0.4, 0.5) is 10.1 Å². The standard InChI is InChI=1S/C19H18FN3O2/c20-13-3-4-14-15(11-18(24)22-16(14)10-13)19(25)23-9-1-2-17(23)12-5-7-21-8-6-12/h3-8,10,15,17H,1-2,9,11H2,(H,22,24)/t15-,17+/m0/s1. The molecule has 0 spiro atoms. The highest BCUT2D eigenvalue weighted by molar-refractivity contribution is 6.01. The first-order valence-electron chi connectivity index (χ1n) is 8.43. The summed E-state index contributed by atoms with van der Waals surface area (Å²) in [6.45, 7) is 0.667.